The molecule has 2 aromatic heterocycles. The second kappa shape index (κ2) is 7.87. The zero-order valence-electron chi connectivity index (χ0n) is 18.3. The lowest BCUT2D eigenvalue weighted by molar-refractivity contribution is 0.292. The van der Waals surface area contributed by atoms with Crippen molar-refractivity contribution < 1.29 is 4.39 Å². The predicted octanol–water partition coefficient (Wildman–Crippen LogP) is 3.09. The summed E-state index contributed by atoms with van der Waals surface area (Å²) in [5, 5.41) is 4.72. The Morgan fingerprint density at radius 2 is 1.78 bits per heavy atom. The first-order valence-corrected chi connectivity index (χ1v) is 10.6. The second-order valence-corrected chi connectivity index (χ2v) is 8.61. The van der Waals surface area contributed by atoms with E-state index in [1.807, 2.05) is 0 Å². The minimum atomic E-state index is -0.328. The summed E-state index contributed by atoms with van der Waals surface area (Å²) in [7, 11) is 4.16. The van der Waals surface area contributed by atoms with Crippen molar-refractivity contribution in [3.63, 3.8) is 0 Å². The van der Waals surface area contributed by atoms with Crippen molar-refractivity contribution in [3.8, 4) is 5.69 Å². The van der Waals surface area contributed by atoms with Gasteiger partial charge >= 0.3 is 0 Å². The van der Waals surface area contributed by atoms with Crippen molar-refractivity contribution in [1.29, 1.82) is 0 Å². The number of hydrogen-bond acceptors (Lipinski definition) is 5. The van der Waals surface area contributed by atoms with Crippen LogP contribution in [0.5, 0.6) is 0 Å². The predicted molar refractivity (Wildman–Crippen MR) is 123 cm³/mol. The third kappa shape index (κ3) is 3.56. The molecule has 0 saturated carbocycles. The molecule has 0 amide bonds. The maximum absolute atomic E-state index is 13.4. The number of aromatic nitrogens is 4. The van der Waals surface area contributed by atoms with E-state index in [4.69, 9.17) is 4.98 Å². The first-order valence-electron chi connectivity index (χ1n) is 10.6. The minimum Gasteiger partial charge on any atom is -0.340 e. The summed E-state index contributed by atoms with van der Waals surface area (Å²) in [5.41, 5.74) is 3.37. The molecule has 4 aromatic rings. The first kappa shape index (κ1) is 20.4. The van der Waals surface area contributed by atoms with E-state index in [2.05, 4.69) is 65.2 Å². The Kier molecular flexibility index (Phi) is 5.01. The number of halogens is 1. The lowest BCUT2D eigenvalue weighted by Gasteiger charge is -2.25. The third-order valence-electron chi connectivity index (χ3n) is 6.25. The molecule has 2 aromatic carbocycles. The van der Waals surface area contributed by atoms with Crippen LogP contribution in [-0.2, 0) is 0 Å². The highest BCUT2D eigenvalue weighted by Gasteiger charge is 2.36. The number of likely N-dealkylation sites (N-methyl/N-ethyl adjacent to an activating group) is 1. The van der Waals surface area contributed by atoms with Gasteiger partial charge in [-0.3, -0.25) is 9.78 Å². The second-order valence-electron chi connectivity index (χ2n) is 8.61. The maximum Gasteiger partial charge on any atom is 0.263 e. The number of nitrogens with one attached hydrogen (secondary N) is 1. The topological polar surface area (TPSA) is 70.0 Å². The molecule has 5 rings (SSSR count). The fourth-order valence-corrected chi connectivity index (χ4v) is 4.45. The molecule has 1 aliphatic heterocycles. The standard InChI is InChI=1S/C24H25FN6O/c1-15-4-6-16(7-5-15)20-13-30(14-21(20)29(2)3)24-27-22-19(23(32)28-24)12-26-31(22)18-10-8-17(25)9-11-18/h4-12,20-21H,13-14H2,1-3H3,(H,27,28,32)/t20-,21+/m1/s1. The van der Waals surface area contributed by atoms with E-state index in [1.54, 1.807) is 16.8 Å². The summed E-state index contributed by atoms with van der Waals surface area (Å²) in [5.74, 6) is 0.479. The molecule has 7 nitrogen and oxygen atoms in total. The smallest absolute Gasteiger partial charge is 0.263 e. The molecule has 0 aliphatic carbocycles. The molecule has 8 heteroatoms. The lowest BCUT2D eigenvalue weighted by Crippen LogP contribution is -2.35. The number of fused-ring (bicyclic) bond motifs is 1. The molecule has 1 saturated heterocycles. The number of rotatable bonds is 4. The van der Waals surface area contributed by atoms with Crippen LogP contribution in [0.4, 0.5) is 10.3 Å². The molecule has 1 fully saturated rings. The average molecular weight is 433 g/mol. The first-order chi connectivity index (χ1) is 15.4. The fourth-order valence-electron chi connectivity index (χ4n) is 4.45. The fraction of sp³-hybridized carbons (Fsp3) is 0.292. The zero-order chi connectivity index (χ0) is 22.4. The zero-order valence-corrected chi connectivity index (χ0v) is 18.3. The number of H-pyrrole nitrogens is 1. The Bertz CT molecular complexity index is 1310. The van der Waals surface area contributed by atoms with Gasteiger partial charge in [0.05, 0.1) is 11.9 Å². The molecule has 0 radical (unpaired) electrons. The van der Waals surface area contributed by atoms with Crippen molar-refractivity contribution in [1.82, 2.24) is 24.6 Å². The van der Waals surface area contributed by atoms with Crippen LogP contribution in [0, 0.1) is 12.7 Å². The van der Waals surface area contributed by atoms with Crippen LogP contribution in [-0.4, -0.2) is 57.9 Å². The molecular weight excluding hydrogens is 407 g/mol. The highest BCUT2D eigenvalue weighted by atomic mass is 19.1. The van der Waals surface area contributed by atoms with Gasteiger partial charge in [-0.05, 0) is 50.8 Å². The summed E-state index contributed by atoms with van der Waals surface area (Å²) in [6.45, 7) is 3.57. The number of nitrogens with zero attached hydrogens (tertiary/aromatic N) is 5. The summed E-state index contributed by atoms with van der Waals surface area (Å²) in [6, 6.07) is 14.9. The highest BCUT2D eigenvalue weighted by Crippen LogP contribution is 2.32. The molecule has 0 unspecified atom stereocenters. The van der Waals surface area contributed by atoms with Crippen LogP contribution in [0.3, 0.4) is 0 Å². The van der Waals surface area contributed by atoms with Gasteiger partial charge in [0, 0.05) is 25.0 Å². The van der Waals surface area contributed by atoms with Crippen LogP contribution < -0.4 is 10.5 Å². The lowest BCUT2D eigenvalue weighted by atomic mass is 9.93. The third-order valence-corrected chi connectivity index (χ3v) is 6.25. The quantitative estimate of drug-likeness (QED) is 0.537. The summed E-state index contributed by atoms with van der Waals surface area (Å²) in [4.78, 5) is 24.9. The monoisotopic (exact) mass is 432 g/mol. The van der Waals surface area contributed by atoms with Crippen LogP contribution in [0.15, 0.2) is 59.5 Å². The van der Waals surface area contributed by atoms with Crippen LogP contribution in [0.25, 0.3) is 16.7 Å². The Hall–Kier alpha value is -3.52. The number of hydrogen-bond donors (Lipinski definition) is 1. The van der Waals surface area contributed by atoms with E-state index in [0.717, 1.165) is 13.1 Å². The van der Waals surface area contributed by atoms with Crippen molar-refractivity contribution in [3.05, 3.63) is 82.0 Å². The van der Waals surface area contributed by atoms with Crippen molar-refractivity contribution in [2.24, 2.45) is 0 Å². The molecule has 2 atom stereocenters. The molecule has 1 aliphatic rings. The number of anilines is 1. The highest BCUT2D eigenvalue weighted by molar-refractivity contribution is 5.76. The van der Waals surface area contributed by atoms with Gasteiger partial charge in [0.25, 0.3) is 5.56 Å². The van der Waals surface area contributed by atoms with E-state index in [1.165, 1.54) is 29.5 Å². The number of aromatic amines is 1. The van der Waals surface area contributed by atoms with Gasteiger partial charge in [-0.15, -0.1) is 0 Å². The van der Waals surface area contributed by atoms with Crippen LogP contribution >= 0.6 is 0 Å². The van der Waals surface area contributed by atoms with Crippen molar-refractivity contribution >= 4 is 17.0 Å². The summed E-state index contributed by atoms with van der Waals surface area (Å²) < 4.78 is 14.9. The van der Waals surface area contributed by atoms with Crippen LogP contribution in [0.2, 0.25) is 0 Å². The maximum atomic E-state index is 13.4. The molecule has 32 heavy (non-hydrogen) atoms. The molecule has 3 heterocycles. The van der Waals surface area contributed by atoms with Crippen molar-refractivity contribution in [2.75, 3.05) is 32.1 Å². The van der Waals surface area contributed by atoms with E-state index < -0.39 is 0 Å². The molecular formula is C24H25FN6O. The molecule has 1 N–H and O–H groups in total. The molecule has 0 bridgehead atoms. The Labute approximate surface area is 185 Å². The number of aryl methyl sites for hydroxylation is 1. The van der Waals surface area contributed by atoms with Crippen LogP contribution in [0.1, 0.15) is 17.0 Å². The van der Waals surface area contributed by atoms with Gasteiger partial charge in [-0.2, -0.15) is 10.1 Å². The van der Waals surface area contributed by atoms with E-state index in [-0.39, 0.29) is 23.3 Å². The van der Waals surface area contributed by atoms with Gasteiger partial charge < -0.3 is 9.80 Å². The van der Waals surface area contributed by atoms with Gasteiger partial charge in [-0.25, -0.2) is 9.07 Å². The summed E-state index contributed by atoms with van der Waals surface area (Å²) in [6.07, 6.45) is 1.50. The Morgan fingerprint density at radius 3 is 2.47 bits per heavy atom. The van der Waals surface area contributed by atoms with E-state index in [9.17, 15) is 9.18 Å². The molecule has 0 spiro atoms. The van der Waals surface area contributed by atoms with Crippen molar-refractivity contribution in [2.45, 2.75) is 18.9 Å². The normalized spacial score (nSPS) is 18.7. The molecule has 164 valence electrons. The SMILES string of the molecule is Cc1ccc([C@H]2CN(c3nc4c(cnn4-c4ccc(F)cc4)c(=O)[nH]3)C[C@@H]2N(C)C)cc1. The van der Waals surface area contributed by atoms with Gasteiger partial charge in [0.2, 0.25) is 5.95 Å². The number of benzene rings is 2. The average Bonchev–Trinajstić information content (AvgIpc) is 3.40. The minimum absolute atomic E-state index is 0.237. The van der Waals surface area contributed by atoms with E-state index in [0.29, 0.717) is 22.7 Å². The van der Waals surface area contributed by atoms with Gasteiger partial charge in [-0.1, -0.05) is 29.8 Å². The Morgan fingerprint density at radius 1 is 1.06 bits per heavy atom. The largest absolute Gasteiger partial charge is 0.340 e. The summed E-state index contributed by atoms with van der Waals surface area (Å²) >= 11 is 0. The van der Waals surface area contributed by atoms with E-state index >= 15 is 0 Å². The van der Waals surface area contributed by atoms with Gasteiger partial charge in [0.1, 0.15) is 11.2 Å². The Balaban J connectivity index is 1.54. The van der Waals surface area contributed by atoms with Gasteiger partial charge in [0.15, 0.2) is 5.65 Å².